The second-order valence-corrected chi connectivity index (χ2v) is 4.66. The molecular formula is C14H22N2O. The molecule has 2 rings (SSSR count). The molecule has 0 unspecified atom stereocenters. The minimum Gasteiger partial charge on any atom is -0.303 e. The smallest absolute Gasteiger partial charge is 0.0636 e. The molecule has 94 valence electrons. The van der Waals surface area contributed by atoms with Crippen LogP contribution in [0, 0.1) is 0 Å². The van der Waals surface area contributed by atoms with Gasteiger partial charge in [0.25, 0.3) is 0 Å². The Morgan fingerprint density at radius 3 is 2.82 bits per heavy atom. The molecule has 0 aromatic heterocycles. The van der Waals surface area contributed by atoms with Gasteiger partial charge in [0.15, 0.2) is 0 Å². The van der Waals surface area contributed by atoms with Gasteiger partial charge in [-0.05, 0) is 50.0 Å². The van der Waals surface area contributed by atoms with Crippen molar-refractivity contribution in [3.63, 3.8) is 0 Å². The molecule has 3 nitrogen and oxygen atoms in total. The van der Waals surface area contributed by atoms with E-state index >= 15 is 0 Å². The lowest BCUT2D eigenvalue weighted by Gasteiger charge is -2.26. The molecule has 0 aliphatic carbocycles. The van der Waals surface area contributed by atoms with E-state index in [0.29, 0.717) is 0 Å². The van der Waals surface area contributed by atoms with Crippen molar-refractivity contribution in [3.05, 3.63) is 29.8 Å². The minimum atomic E-state index is 1.03. The highest BCUT2D eigenvalue weighted by atomic mass is 16.6. The highest BCUT2D eigenvalue weighted by Gasteiger charge is 2.09. The summed E-state index contributed by atoms with van der Waals surface area (Å²) in [5, 5.41) is 0. The maximum atomic E-state index is 4.92. The molecule has 1 aliphatic rings. The van der Waals surface area contributed by atoms with Crippen LogP contribution in [0.3, 0.4) is 0 Å². The van der Waals surface area contributed by atoms with Crippen molar-refractivity contribution < 1.29 is 4.84 Å². The first kappa shape index (κ1) is 12.4. The summed E-state index contributed by atoms with van der Waals surface area (Å²) in [7, 11) is 1.64. The third-order valence-corrected chi connectivity index (χ3v) is 3.31. The number of anilines is 1. The van der Waals surface area contributed by atoms with Crippen molar-refractivity contribution in [1.29, 1.82) is 0 Å². The average Bonchev–Trinajstić information content (AvgIpc) is 2.39. The second-order valence-electron chi connectivity index (χ2n) is 4.66. The summed E-state index contributed by atoms with van der Waals surface area (Å²) in [6.07, 6.45) is 5.26. The van der Waals surface area contributed by atoms with Gasteiger partial charge >= 0.3 is 0 Å². The van der Waals surface area contributed by atoms with Crippen LogP contribution in [0.1, 0.15) is 24.8 Å². The largest absolute Gasteiger partial charge is 0.303 e. The van der Waals surface area contributed by atoms with Crippen LogP contribution in [0.5, 0.6) is 0 Å². The molecule has 0 spiro atoms. The van der Waals surface area contributed by atoms with Crippen molar-refractivity contribution in [3.8, 4) is 0 Å². The van der Waals surface area contributed by atoms with Crippen LogP contribution in [0.25, 0.3) is 0 Å². The topological polar surface area (TPSA) is 24.5 Å². The van der Waals surface area contributed by atoms with E-state index in [1.54, 1.807) is 7.11 Å². The van der Waals surface area contributed by atoms with Crippen LogP contribution in [0.4, 0.5) is 5.69 Å². The predicted molar refractivity (Wildman–Crippen MR) is 71.1 cm³/mol. The Balaban J connectivity index is 1.83. The van der Waals surface area contributed by atoms with Gasteiger partial charge in [0.2, 0.25) is 0 Å². The minimum absolute atomic E-state index is 1.03. The van der Waals surface area contributed by atoms with E-state index in [1.807, 2.05) is 6.07 Å². The molecule has 1 aromatic rings. The first-order chi connectivity index (χ1) is 8.38. The molecule has 1 saturated heterocycles. The van der Waals surface area contributed by atoms with Crippen molar-refractivity contribution in [2.75, 3.05) is 32.2 Å². The van der Waals surface area contributed by atoms with Crippen LogP contribution in [0.15, 0.2) is 24.3 Å². The van der Waals surface area contributed by atoms with E-state index in [-0.39, 0.29) is 0 Å². The molecule has 0 amide bonds. The first-order valence-electron chi connectivity index (χ1n) is 6.49. The summed E-state index contributed by atoms with van der Waals surface area (Å²) in [4.78, 5) is 7.49. The summed E-state index contributed by atoms with van der Waals surface area (Å²) in [6.45, 7) is 3.72. The maximum absolute atomic E-state index is 4.92. The van der Waals surface area contributed by atoms with Crippen LogP contribution < -0.4 is 5.48 Å². The number of nitrogens with zero attached hydrogens (tertiary/aromatic N) is 1. The van der Waals surface area contributed by atoms with Gasteiger partial charge in [0.05, 0.1) is 12.8 Å². The number of benzene rings is 1. The third-order valence-electron chi connectivity index (χ3n) is 3.31. The summed E-state index contributed by atoms with van der Waals surface area (Å²) < 4.78 is 0. The summed E-state index contributed by atoms with van der Waals surface area (Å²) >= 11 is 0. The van der Waals surface area contributed by atoms with Gasteiger partial charge in [-0.3, -0.25) is 10.3 Å². The quantitative estimate of drug-likeness (QED) is 0.793. The zero-order valence-corrected chi connectivity index (χ0v) is 10.6. The van der Waals surface area contributed by atoms with E-state index < -0.39 is 0 Å². The molecule has 0 radical (unpaired) electrons. The van der Waals surface area contributed by atoms with Gasteiger partial charge in [0.1, 0.15) is 0 Å². The summed E-state index contributed by atoms with van der Waals surface area (Å²) in [5.41, 5.74) is 5.28. The molecule has 1 aromatic carbocycles. The van der Waals surface area contributed by atoms with E-state index in [9.17, 15) is 0 Å². The van der Waals surface area contributed by atoms with Gasteiger partial charge in [-0.2, -0.15) is 0 Å². The number of piperidine rings is 1. The van der Waals surface area contributed by atoms with Crippen molar-refractivity contribution in [2.45, 2.75) is 25.7 Å². The predicted octanol–water partition coefficient (Wildman–Crippen LogP) is 2.69. The Hall–Kier alpha value is -1.06. The third kappa shape index (κ3) is 4.02. The monoisotopic (exact) mass is 234 g/mol. The van der Waals surface area contributed by atoms with Gasteiger partial charge < -0.3 is 4.90 Å². The average molecular weight is 234 g/mol. The molecule has 3 heteroatoms. The SMILES string of the molecule is CONc1cccc(CCN2CCCCC2)c1. The van der Waals surface area contributed by atoms with E-state index in [4.69, 9.17) is 4.84 Å². The molecule has 17 heavy (non-hydrogen) atoms. The fourth-order valence-corrected chi connectivity index (χ4v) is 2.38. The van der Waals surface area contributed by atoms with Crippen molar-refractivity contribution >= 4 is 5.69 Å². The Morgan fingerprint density at radius 1 is 1.24 bits per heavy atom. The highest BCUT2D eigenvalue weighted by Crippen LogP contribution is 2.13. The molecule has 1 fully saturated rings. The molecule has 1 heterocycles. The summed E-state index contributed by atoms with van der Waals surface area (Å²) in [6, 6.07) is 8.44. The lowest BCUT2D eigenvalue weighted by atomic mass is 10.1. The number of hydrogen-bond donors (Lipinski definition) is 1. The molecule has 1 aliphatic heterocycles. The van der Waals surface area contributed by atoms with E-state index in [1.165, 1.54) is 44.5 Å². The molecular weight excluding hydrogens is 212 g/mol. The van der Waals surface area contributed by atoms with E-state index in [2.05, 4.69) is 28.6 Å². The van der Waals surface area contributed by atoms with Gasteiger partial charge in [0, 0.05) is 6.54 Å². The van der Waals surface area contributed by atoms with Crippen LogP contribution in [-0.2, 0) is 11.3 Å². The standard InChI is InChI=1S/C14H22N2O/c1-17-15-14-7-5-6-13(12-14)8-11-16-9-3-2-4-10-16/h5-7,12,15H,2-4,8-11H2,1H3. The summed E-state index contributed by atoms with van der Waals surface area (Å²) in [5.74, 6) is 0. The van der Waals surface area contributed by atoms with Gasteiger partial charge in [-0.15, -0.1) is 0 Å². The second kappa shape index (κ2) is 6.62. The van der Waals surface area contributed by atoms with Gasteiger partial charge in [-0.1, -0.05) is 18.6 Å². The number of nitrogens with one attached hydrogen (secondary N) is 1. The van der Waals surface area contributed by atoms with Crippen LogP contribution >= 0.6 is 0 Å². The molecule has 0 bridgehead atoms. The molecule has 1 N–H and O–H groups in total. The normalized spacial score (nSPS) is 17.0. The van der Waals surface area contributed by atoms with Crippen molar-refractivity contribution in [1.82, 2.24) is 4.90 Å². The Bertz CT molecular complexity index is 335. The zero-order chi connectivity index (χ0) is 11.9. The highest BCUT2D eigenvalue weighted by molar-refractivity contribution is 5.43. The fraction of sp³-hybridized carbons (Fsp3) is 0.571. The Labute approximate surface area is 104 Å². The number of rotatable bonds is 5. The van der Waals surface area contributed by atoms with Crippen molar-refractivity contribution in [2.24, 2.45) is 0 Å². The fourth-order valence-electron chi connectivity index (χ4n) is 2.38. The molecule has 0 atom stereocenters. The lowest BCUT2D eigenvalue weighted by molar-refractivity contribution is 0.231. The number of hydrogen-bond acceptors (Lipinski definition) is 3. The lowest BCUT2D eigenvalue weighted by Crippen LogP contribution is -2.31. The first-order valence-corrected chi connectivity index (χ1v) is 6.49. The van der Waals surface area contributed by atoms with Crippen LogP contribution in [-0.4, -0.2) is 31.6 Å². The Kier molecular flexibility index (Phi) is 4.83. The molecule has 0 saturated carbocycles. The van der Waals surface area contributed by atoms with E-state index in [0.717, 1.165) is 12.1 Å². The maximum Gasteiger partial charge on any atom is 0.0636 e. The van der Waals surface area contributed by atoms with Gasteiger partial charge in [-0.25, -0.2) is 0 Å². The zero-order valence-electron chi connectivity index (χ0n) is 10.6. The number of likely N-dealkylation sites (tertiary alicyclic amines) is 1. The Morgan fingerprint density at radius 2 is 2.06 bits per heavy atom. The van der Waals surface area contributed by atoms with Crippen LogP contribution in [0.2, 0.25) is 0 Å².